The summed E-state index contributed by atoms with van der Waals surface area (Å²) in [4.78, 5) is 0. The van der Waals surface area contributed by atoms with Gasteiger partial charge < -0.3 is 0 Å². The summed E-state index contributed by atoms with van der Waals surface area (Å²) < 4.78 is 0. The lowest BCUT2D eigenvalue weighted by molar-refractivity contribution is 0.253. The molecule has 0 heterocycles. The van der Waals surface area contributed by atoms with Crippen LogP contribution in [0.1, 0.15) is 52.4 Å². The van der Waals surface area contributed by atoms with Gasteiger partial charge in [-0.25, -0.2) is 0 Å². The molecule has 12 heavy (non-hydrogen) atoms. The van der Waals surface area contributed by atoms with Crippen molar-refractivity contribution in [2.24, 2.45) is 23.7 Å². The molecule has 0 aliphatic heterocycles. The highest BCUT2D eigenvalue weighted by Crippen LogP contribution is 2.49. The first-order valence-electron chi connectivity index (χ1n) is 5.79. The molecule has 4 unspecified atom stereocenters. The second-order valence-electron chi connectivity index (χ2n) is 5.22. The van der Waals surface area contributed by atoms with Crippen molar-refractivity contribution in [1.29, 1.82) is 0 Å². The van der Waals surface area contributed by atoms with Gasteiger partial charge in [-0.2, -0.15) is 0 Å². The second kappa shape index (κ2) is 3.40. The maximum atomic E-state index is 2.45. The van der Waals surface area contributed by atoms with Crippen molar-refractivity contribution in [3.05, 3.63) is 0 Å². The SMILES string of the molecule is CCCC1CC2CC(C)CC1C2. The van der Waals surface area contributed by atoms with Gasteiger partial charge in [0.15, 0.2) is 0 Å². The molecule has 0 radical (unpaired) electrons. The molecule has 0 heteroatoms. The second-order valence-corrected chi connectivity index (χ2v) is 5.22. The van der Waals surface area contributed by atoms with E-state index in [-0.39, 0.29) is 0 Å². The molecule has 0 saturated heterocycles. The van der Waals surface area contributed by atoms with Crippen molar-refractivity contribution in [2.45, 2.75) is 52.4 Å². The van der Waals surface area contributed by atoms with Crippen LogP contribution in [0.4, 0.5) is 0 Å². The normalized spacial score (nSPS) is 46.5. The average Bonchev–Trinajstić information content (AvgIpc) is 2.28. The van der Waals surface area contributed by atoms with Gasteiger partial charge in [-0.15, -0.1) is 0 Å². The Labute approximate surface area is 76.7 Å². The van der Waals surface area contributed by atoms with Gasteiger partial charge in [0.2, 0.25) is 0 Å². The number of hydrogen-bond acceptors (Lipinski definition) is 0. The Bertz CT molecular complexity index is 150. The van der Waals surface area contributed by atoms with Crippen LogP contribution in [-0.2, 0) is 0 Å². The maximum absolute atomic E-state index is 2.45. The third-order valence-electron chi connectivity index (χ3n) is 4.04. The van der Waals surface area contributed by atoms with E-state index in [1.54, 1.807) is 19.3 Å². The predicted octanol–water partition coefficient (Wildman–Crippen LogP) is 3.86. The van der Waals surface area contributed by atoms with E-state index >= 15 is 0 Å². The van der Waals surface area contributed by atoms with Crippen LogP contribution in [0.2, 0.25) is 0 Å². The van der Waals surface area contributed by atoms with Crippen molar-refractivity contribution in [2.75, 3.05) is 0 Å². The summed E-state index contributed by atoms with van der Waals surface area (Å²) in [5.74, 6) is 4.40. The molecule has 70 valence electrons. The Morgan fingerprint density at radius 3 is 2.67 bits per heavy atom. The smallest absolute Gasteiger partial charge is 0.0381 e. The Balaban J connectivity index is 1.95. The Kier molecular flexibility index (Phi) is 2.43. The zero-order chi connectivity index (χ0) is 8.55. The van der Waals surface area contributed by atoms with Gasteiger partial charge in [0, 0.05) is 0 Å². The van der Waals surface area contributed by atoms with Crippen LogP contribution < -0.4 is 0 Å². The van der Waals surface area contributed by atoms with E-state index in [0.29, 0.717) is 0 Å². The van der Waals surface area contributed by atoms with E-state index in [9.17, 15) is 0 Å². The molecule has 0 aromatic rings. The topological polar surface area (TPSA) is 0 Å². The van der Waals surface area contributed by atoms with Crippen LogP contribution >= 0.6 is 0 Å². The van der Waals surface area contributed by atoms with Crippen LogP contribution in [0, 0.1) is 23.7 Å². The molecule has 2 fully saturated rings. The molecule has 0 aromatic heterocycles. The monoisotopic (exact) mass is 166 g/mol. The van der Waals surface area contributed by atoms with E-state index in [0.717, 1.165) is 23.7 Å². The fourth-order valence-corrected chi connectivity index (χ4v) is 3.72. The van der Waals surface area contributed by atoms with Crippen molar-refractivity contribution in [3.63, 3.8) is 0 Å². The summed E-state index contributed by atoms with van der Waals surface area (Å²) in [6.45, 7) is 4.79. The van der Waals surface area contributed by atoms with Crippen molar-refractivity contribution in [1.82, 2.24) is 0 Å². The van der Waals surface area contributed by atoms with E-state index in [4.69, 9.17) is 0 Å². The molecule has 0 N–H and O–H groups in total. The van der Waals surface area contributed by atoms with Crippen LogP contribution in [-0.4, -0.2) is 0 Å². The largest absolute Gasteiger partial charge is 0.0654 e. The van der Waals surface area contributed by atoms with E-state index in [1.165, 1.54) is 19.3 Å². The van der Waals surface area contributed by atoms with Crippen LogP contribution in [0.5, 0.6) is 0 Å². The average molecular weight is 166 g/mol. The Morgan fingerprint density at radius 1 is 1.08 bits per heavy atom. The van der Waals surface area contributed by atoms with Gasteiger partial charge in [0.1, 0.15) is 0 Å². The molecule has 2 aliphatic rings. The number of hydrogen-bond donors (Lipinski definition) is 0. The third kappa shape index (κ3) is 1.53. The van der Waals surface area contributed by atoms with Crippen molar-refractivity contribution >= 4 is 0 Å². The lowest BCUT2D eigenvalue weighted by Crippen LogP contribution is -2.15. The minimum absolute atomic E-state index is 1.04. The highest BCUT2D eigenvalue weighted by atomic mass is 14.4. The molecule has 0 amide bonds. The molecule has 2 aliphatic carbocycles. The molecular weight excluding hydrogens is 144 g/mol. The first kappa shape index (κ1) is 8.59. The van der Waals surface area contributed by atoms with Crippen LogP contribution in [0.3, 0.4) is 0 Å². The molecule has 4 atom stereocenters. The summed E-state index contributed by atoms with van der Waals surface area (Å²) in [6, 6.07) is 0. The highest BCUT2D eigenvalue weighted by Gasteiger charge is 2.38. The lowest BCUT2D eigenvalue weighted by atomic mass is 9.80. The lowest BCUT2D eigenvalue weighted by Gasteiger charge is -2.26. The van der Waals surface area contributed by atoms with Gasteiger partial charge in [-0.3, -0.25) is 0 Å². The highest BCUT2D eigenvalue weighted by molar-refractivity contribution is 4.89. The third-order valence-corrected chi connectivity index (χ3v) is 4.04. The molecule has 2 rings (SSSR count). The zero-order valence-corrected chi connectivity index (χ0v) is 8.55. The van der Waals surface area contributed by atoms with Gasteiger partial charge in [-0.05, 0) is 49.4 Å². The standard InChI is InChI=1S/C12H22/c1-3-4-11-7-10-5-9(2)6-12(11)8-10/h9-12H,3-8H2,1-2H3. The summed E-state index contributed by atoms with van der Waals surface area (Å²) >= 11 is 0. The fraction of sp³-hybridized carbons (Fsp3) is 1.00. The van der Waals surface area contributed by atoms with Crippen LogP contribution in [0.25, 0.3) is 0 Å². The summed E-state index contributed by atoms with van der Waals surface area (Å²) in [6.07, 6.45) is 9.14. The minimum atomic E-state index is 1.04. The van der Waals surface area contributed by atoms with Gasteiger partial charge in [0.25, 0.3) is 0 Å². The van der Waals surface area contributed by atoms with Gasteiger partial charge in [-0.1, -0.05) is 26.7 Å². The van der Waals surface area contributed by atoms with E-state index < -0.39 is 0 Å². The first-order chi connectivity index (χ1) is 5.79. The first-order valence-corrected chi connectivity index (χ1v) is 5.79. The van der Waals surface area contributed by atoms with Gasteiger partial charge in [0.05, 0.1) is 0 Å². The van der Waals surface area contributed by atoms with E-state index in [2.05, 4.69) is 13.8 Å². The fourth-order valence-electron chi connectivity index (χ4n) is 3.72. The summed E-state index contributed by atoms with van der Waals surface area (Å²) in [5.41, 5.74) is 0. The number of rotatable bonds is 2. The molecule has 0 aromatic carbocycles. The van der Waals surface area contributed by atoms with Gasteiger partial charge >= 0.3 is 0 Å². The molecular formula is C12H22. The minimum Gasteiger partial charge on any atom is -0.0654 e. The predicted molar refractivity (Wildman–Crippen MR) is 53.0 cm³/mol. The van der Waals surface area contributed by atoms with Crippen molar-refractivity contribution < 1.29 is 0 Å². The molecule has 0 nitrogen and oxygen atoms in total. The quantitative estimate of drug-likeness (QED) is 0.584. The van der Waals surface area contributed by atoms with Crippen molar-refractivity contribution in [3.8, 4) is 0 Å². The Hall–Kier alpha value is 0. The zero-order valence-electron chi connectivity index (χ0n) is 8.55. The molecule has 2 bridgehead atoms. The Morgan fingerprint density at radius 2 is 1.92 bits per heavy atom. The summed E-state index contributed by atoms with van der Waals surface area (Å²) in [7, 11) is 0. The summed E-state index contributed by atoms with van der Waals surface area (Å²) in [5, 5.41) is 0. The van der Waals surface area contributed by atoms with Crippen LogP contribution in [0.15, 0.2) is 0 Å². The van der Waals surface area contributed by atoms with E-state index in [1.807, 2.05) is 0 Å². The number of fused-ring (bicyclic) bond motifs is 2. The maximum Gasteiger partial charge on any atom is -0.0381 e. The molecule has 2 saturated carbocycles. The molecule has 0 spiro atoms.